The molecule has 0 amide bonds. The van der Waals surface area contributed by atoms with Gasteiger partial charge in [0.1, 0.15) is 0 Å². The van der Waals surface area contributed by atoms with Crippen LogP contribution in [0.15, 0.2) is 49.1 Å². The van der Waals surface area contributed by atoms with Crippen LogP contribution in [-0.4, -0.2) is 34.2 Å². The fraction of sp³-hybridized carbons (Fsp3) is 0.667. The van der Waals surface area contributed by atoms with E-state index < -0.39 is 34.2 Å². The second-order valence-electron chi connectivity index (χ2n) is 8.89. The molecular weight excluding hydrogens is 465 g/mol. The van der Waals surface area contributed by atoms with Crippen LogP contribution in [-0.2, 0) is 16.5 Å². The zero-order valence-corrected chi connectivity index (χ0v) is 25.3. The Morgan fingerprint density at radius 3 is 0.750 bits per heavy atom. The molecule has 1 fully saturated rings. The van der Waals surface area contributed by atoms with Crippen molar-refractivity contribution in [2.75, 3.05) is 0 Å². The highest BCUT2D eigenvalue weighted by atomic mass is 28.5. The average molecular weight is 513 g/mol. The minimum Gasteiger partial charge on any atom is -0.409 e. The van der Waals surface area contributed by atoms with Crippen molar-refractivity contribution < 1.29 is 16.5 Å². The van der Waals surface area contributed by atoms with E-state index in [2.05, 4.69) is 54.0 Å². The van der Waals surface area contributed by atoms with Gasteiger partial charge in [0.15, 0.2) is 0 Å². The lowest BCUT2D eigenvalue weighted by atomic mass is 10.4. The van der Waals surface area contributed by atoms with Crippen LogP contribution in [0.2, 0.25) is 24.2 Å². The van der Waals surface area contributed by atoms with E-state index in [0.29, 0.717) is 0 Å². The second kappa shape index (κ2) is 14.2. The van der Waals surface area contributed by atoms with E-state index in [-0.39, 0.29) is 0 Å². The van der Waals surface area contributed by atoms with Crippen molar-refractivity contribution in [2.45, 2.75) is 103 Å². The molecule has 184 valence electrons. The van der Waals surface area contributed by atoms with E-state index in [1.165, 1.54) is 0 Å². The second-order valence-corrected chi connectivity index (χ2v) is 22.3. The van der Waals surface area contributed by atoms with Gasteiger partial charge in [0.05, 0.1) is 0 Å². The van der Waals surface area contributed by atoms with Crippen molar-refractivity contribution in [1.82, 2.24) is 0 Å². The molecule has 0 aromatic rings. The lowest BCUT2D eigenvalue weighted by Crippen LogP contribution is -2.68. The molecule has 4 nitrogen and oxygen atoms in total. The van der Waals surface area contributed by atoms with Crippen LogP contribution in [0.3, 0.4) is 0 Å². The predicted molar refractivity (Wildman–Crippen MR) is 147 cm³/mol. The Balaban J connectivity index is 3.66. The summed E-state index contributed by atoms with van der Waals surface area (Å²) in [4.78, 5) is 0. The normalized spacial score (nSPS) is 33.1. The summed E-state index contributed by atoms with van der Waals surface area (Å²) in [5, 5.41) is 0. The zero-order valence-electron chi connectivity index (χ0n) is 21.3. The summed E-state index contributed by atoms with van der Waals surface area (Å²) < 4.78 is 28.5. The van der Waals surface area contributed by atoms with Crippen LogP contribution < -0.4 is 0 Å². The minimum absolute atomic E-state index is 0.862. The number of unbranched alkanes of at least 4 members (excludes halogenated alkanes) is 4. The maximum Gasteiger partial charge on any atom is 0.347 e. The predicted octanol–water partition coefficient (Wildman–Crippen LogP) is 7.94. The number of rotatable bonds is 16. The Bertz CT molecular complexity index is 499. The Kier molecular flexibility index (Phi) is 13.1. The van der Waals surface area contributed by atoms with Gasteiger partial charge < -0.3 is 16.5 Å². The summed E-state index contributed by atoms with van der Waals surface area (Å²) in [5.74, 6) is 0. The van der Waals surface area contributed by atoms with Gasteiger partial charge in [0, 0.05) is 0 Å². The molecule has 1 saturated heterocycles. The maximum atomic E-state index is 7.13. The third-order valence-electron chi connectivity index (χ3n) is 6.14. The fourth-order valence-corrected chi connectivity index (χ4v) is 25.8. The Morgan fingerprint density at radius 1 is 0.438 bits per heavy atom. The molecule has 32 heavy (non-hydrogen) atoms. The van der Waals surface area contributed by atoms with Gasteiger partial charge in [-0.25, -0.2) is 0 Å². The van der Waals surface area contributed by atoms with E-state index in [9.17, 15) is 0 Å². The molecule has 0 saturated carbocycles. The van der Waals surface area contributed by atoms with E-state index in [0.717, 1.165) is 75.5 Å². The molecule has 1 heterocycles. The number of hydrogen-bond acceptors (Lipinski definition) is 4. The molecule has 0 radical (unpaired) electrons. The third kappa shape index (κ3) is 7.87. The summed E-state index contributed by atoms with van der Waals surface area (Å²) in [6.07, 6.45) is 8.43. The van der Waals surface area contributed by atoms with Crippen LogP contribution in [0, 0.1) is 0 Å². The van der Waals surface area contributed by atoms with Gasteiger partial charge in [-0.3, -0.25) is 0 Å². The average Bonchev–Trinajstić information content (AvgIpc) is 2.81. The van der Waals surface area contributed by atoms with E-state index >= 15 is 0 Å². The highest BCUT2D eigenvalue weighted by molar-refractivity contribution is 6.99. The first kappa shape index (κ1) is 29.7. The zero-order chi connectivity index (χ0) is 24.1. The molecule has 0 aromatic heterocycles. The first-order valence-electron chi connectivity index (χ1n) is 12.7. The fourth-order valence-electron chi connectivity index (χ4n) is 4.10. The monoisotopic (exact) mass is 512 g/mol. The Hall–Kier alpha value is -0.332. The summed E-state index contributed by atoms with van der Waals surface area (Å²) in [6.45, 7) is 25.7. The topological polar surface area (TPSA) is 36.9 Å². The molecule has 0 atom stereocenters. The molecule has 0 unspecified atom stereocenters. The van der Waals surface area contributed by atoms with Crippen LogP contribution in [0.1, 0.15) is 79.1 Å². The van der Waals surface area contributed by atoms with Gasteiger partial charge in [0.25, 0.3) is 0 Å². The quantitative estimate of drug-likeness (QED) is 0.197. The lowest BCUT2D eigenvalue weighted by molar-refractivity contribution is 0.232. The molecule has 1 aliphatic rings. The van der Waals surface area contributed by atoms with Crippen molar-refractivity contribution in [2.24, 2.45) is 0 Å². The van der Waals surface area contributed by atoms with E-state index in [1.54, 1.807) is 0 Å². The SMILES string of the molecule is C=C[Si]1(CCCC)O[Si](C=C)(CCCC)O[Si](C=C)(CCCC)O[Si](C=C)(CCCC)O1. The Labute approximate surface area is 202 Å². The van der Waals surface area contributed by atoms with Crippen LogP contribution in [0.25, 0.3) is 0 Å². The minimum atomic E-state index is -2.80. The van der Waals surface area contributed by atoms with E-state index in [4.69, 9.17) is 16.5 Å². The first-order valence-corrected chi connectivity index (χ1v) is 21.1. The number of hydrogen-bond donors (Lipinski definition) is 0. The van der Waals surface area contributed by atoms with Gasteiger partial charge in [-0.05, 0) is 24.2 Å². The van der Waals surface area contributed by atoms with Crippen molar-refractivity contribution in [1.29, 1.82) is 0 Å². The largest absolute Gasteiger partial charge is 0.409 e. The third-order valence-corrected chi connectivity index (χ3v) is 23.9. The molecule has 8 heteroatoms. The summed E-state index contributed by atoms with van der Waals surface area (Å²) in [6, 6.07) is 3.45. The highest BCUT2D eigenvalue weighted by Gasteiger charge is 2.59. The molecule has 1 rings (SSSR count). The van der Waals surface area contributed by atoms with Crippen LogP contribution in [0.5, 0.6) is 0 Å². The van der Waals surface area contributed by atoms with Crippen LogP contribution in [0.4, 0.5) is 0 Å². The van der Waals surface area contributed by atoms with Crippen LogP contribution >= 0.6 is 0 Å². The maximum absolute atomic E-state index is 7.13. The summed E-state index contributed by atoms with van der Waals surface area (Å²) in [7, 11) is -11.2. The van der Waals surface area contributed by atoms with Gasteiger partial charge in [-0.1, -0.05) is 102 Å². The molecule has 0 aliphatic carbocycles. The van der Waals surface area contributed by atoms with Gasteiger partial charge >= 0.3 is 34.2 Å². The van der Waals surface area contributed by atoms with Gasteiger partial charge in [-0.15, -0.1) is 26.3 Å². The van der Waals surface area contributed by atoms with Crippen molar-refractivity contribution in [3.8, 4) is 0 Å². The standard InChI is InChI=1S/C24H48O4Si4/c1-9-17-21-29(13-5)25-30(14-6,22-18-10-2)27-32(16-8,24-20-12-4)28-31(15-7,26-29)23-19-11-3/h13-16H,5-12,17-24H2,1-4H3. The van der Waals surface area contributed by atoms with Gasteiger partial charge in [-0.2, -0.15) is 0 Å². The summed E-state index contributed by atoms with van der Waals surface area (Å²) >= 11 is 0. The molecule has 0 spiro atoms. The molecular formula is C24H48O4Si4. The molecule has 0 N–H and O–H groups in total. The molecule has 0 bridgehead atoms. The van der Waals surface area contributed by atoms with Crippen molar-refractivity contribution >= 4 is 34.2 Å². The molecule has 0 aromatic carbocycles. The summed E-state index contributed by atoms with van der Waals surface area (Å²) in [5.41, 5.74) is 7.88. The van der Waals surface area contributed by atoms with E-state index in [1.807, 2.05) is 22.8 Å². The lowest BCUT2D eigenvalue weighted by Gasteiger charge is -2.50. The van der Waals surface area contributed by atoms with Crippen molar-refractivity contribution in [3.63, 3.8) is 0 Å². The highest BCUT2D eigenvalue weighted by Crippen LogP contribution is 2.40. The van der Waals surface area contributed by atoms with Gasteiger partial charge in [0.2, 0.25) is 0 Å². The first-order chi connectivity index (χ1) is 15.3. The molecule has 1 aliphatic heterocycles. The Morgan fingerprint density at radius 2 is 0.625 bits per heavy atom. The smallest absolute Gasteiger partial charge is 0.347 e. The van der Waals surface area contributed by atoms with Crippen molar-refractivity contribution in [3.05, 3.63) is 49.1 Å².